The monoisotopic (exact) mass is 788 g/mol. The molecular formula is C38H38F2N8O9. The van der Waals surface area contributed by atoms with Crippen LogP contribution in [-0.4, -0.2) is 63.6 Å². The molecule has 2 aliphatic rings. The molecule has 0 saturated heterocycles. The quantitative estimate of drug-likeness (QED) is 0.109. The van der Waals surface area contributed by atoms with Crippen LogP contribution in [0.1, 0.15) is 30.9 Å². The van der Waals surface area contributed by atoms with Crippen molar-refractivity contribution in [1.29, 1.82) is 0 Å². The number of ether oxygens (including phenoxy) is 5. The Morgan fingerprint density at radius 3 is 2.02 bits per heavy atom. The van der Waals surface area contributed by atoms with Crippen LogP contribution in [-0.2, 0) is 17.8 Å². The normalized spacial score (nSPS) is 15.3. The van der Waals surface area contributed by atoms with E-state index in [1.807, 2.05) is 12.2 Å². The summed E-state index contributed by atoms with van der Waals surface area (Å²) >= 11 is 0. The number of pyridine rings is 2. The van der Waals surface area contributed by atoms with Crippen molar-refractivity contribution in [1.82, 2.24) is 19.5 Å². The lowest BCUT2D eigenvalue weighted by Gasteiger charge is -2.23. The Kier molecular flexibility index (Phi) is 12.5. The molecule has 1 amide bonds. The van der Waals surface area contributed by atoms with Crippen molar-refractivity contribution >= 4 is 40.1 Å². The number of anilines is 3. The van der Waals surface area contributed by atoms with Gasteiger partial charge in [-0.2, -0.15) is 9.97 Å². The molecule has 5 N–H and O–H groups in total. The van der Waals surface area contributed by atoms with Crippen LogP contribution in [0.15, 0.2) is 77.6 Å². The molecule has 0 fully saturated rings. The van der Waals surface area contributed by atoms with Crippen LogP contribution in [0, 0.1) is 21.7 Å². The fourth-order valence-electron chi connectivity index (χ4n) is 5.90. The number of nitrogens with two attached hydrogens (primary N) is 2. The number of carbonyl (C=O) groups is 1. The van der Waals surface area contributed by atoms with Gasteiger partial charge in [0.1, 0.15) is 47.6 Å². The van der Waals surface area contributed by atoms with Gasteiger partial charge >= 0.3 is 17.5 Å². The lowest BCUT2D eigenvalue weighted by atomic mass is 10.1. The molecule has 0 spiro atoms. The van der Waals surface area contributed by atoms with Crippen molar-refractivity contribution < 1.29 is 42.2 Å². The number of rotatable bonds is 2. The summed E-state index contributed by atoms with van der Waals surface area (Å²) in [6.45, 7) is 2.67. The van der Waals surface area contributed by atoms with Crippen molar-refractivity contribution in [3.8, 4) is 23.3 Å². The molecule has 0 unspecified atom stereocenters. The third-order valence-electron chi connectivity index (χ3n) is 8.35. The number of nitrogen functional groups attached to an aromatic ring is 2. The lowest BCUT2D eigenvalue weighted by molar-refractivity contribution is -0.383. The van der Waals surface area contributed by atoms with Gasteiger partial charge in [0.25, 0.3) is 0 Å². The van der Waals surface area contributed by atoms with Gasteiger partial charge in [-0.25, -0.2) is 18.4 Å². The average molecular weight is 789 g/mol. The zero-order chi connectivity index (χ0) is 40.5. The summed E-state index contributed by atoms with van der Waals surface area (Å²) in [7, 11) is 0. The number of halogens is 2. The summed E-state index contributed by atoms with van der Waals surface area (Å²) in [6, 6.07) is 11.2. The molecule has 57 heavy (non-hydrogen) atoms. The number of amides is 1. The lowest BCUT2D eigenvalue weighted by Crippen LogP contribution is -2.32. The number of aromatic amines is 1. The molecule has 19 heteroatoms. The molecule has 5 aromatic rings. The third-order valence-corrected chi connectivity index (χ3v) is 8.35. The third kappa shape index (κ3) is 9.93. The molecule has 0 aliphatic carbocycles. The molecule has 5 heterocycles. The molecule has 17 nitrogen and oxygen atoms in total. The predicted molar refractivity (Wildman–Crippen MR) is 205 cm³/mol. The highest BCUT2D eigenvalue weighted by Gasteiger charge is 2.31. The van der Waals surface area contributed by atoms with Crippen LogP contribution in [0.3, 0.4) is 0 Å². The number of nitro groups is 1. The Hall–Kier alpha value is -7.18. The number of imidazole rings is 1. The summed E-state index contributed by atoms with van der Waals surface area (Å²) in [5, 5.41) is 11.7. The Labute approximate surface area is 323 Å². The minimum atomic E-state index is -0.875. The average Bonchev–Trinajstić information content (AvgIpc) is 3.46. The zero-order valence-electron chi connectivity index (χ0n) is 30.6. The largest absolute Gasteiger partial charge is 0.489 e. The van der Waals surface area contributed by atoms with Gasteiger partial charge in [-0.15, -0.1) is 0 Å². The van der Waals surface area contributed by atoms with Gasteiger partial charge in [0.05, 0.1) is 43.4 Å². The summed E-state index contributed by atoms with van der Waals surface area (Å²) in [5.41, 5.74) is 12.5. The first-order valence-corrected chi connectivity index (χ1v) is 17.7. The van der Waals surface area contributed by atoms with Crippen LogP contribution in [0.5, 0.6) is 23.3 Å². The molecule has 0 atom stereocenters. The molecule has 0 radical (unpaired) electrons. The Morgan fingerprint density at radius 2 is 1.42 bits per heavy atom. The minimum absolute atomic E-state index is 0.00634. The Morgan fingerprint density at radius 1 is 0.842 bits per heavy atom. The second kappa shape index (κ2) is 18.0. The zero-order valence-corrected chi connectivity index (χ0v) is 30.6. The highest BCUT2D eigenvalue weighted by atomic mass is 19.1. The SMILES string of the molecule is CCOC(=O)N1Cc2cc(F)cc(c2)OC/C=C/CCOc2cc1c([N+](=O)[O-])c(N)n2.Nc1nc2cc3c1[nH]c(=O)n3Cc1cc(F)cc(c1)OC/C=C/CCO2. The fraction of sp³-hybridized carbons (Fsp3) is 0.263. The van der Waals surface area contributed by atoms with Crippen molar-refractivity contribution in [3.05, 3.63) is 116 Å². The van der Waals surface area contributed by atoms with E-state index in [2.05, 4.69) is 15.0 Å². The van der Waals surface area contributed by atoms with Gasteiger partial charge in [-0.3, -0.25) is 19.6 Å². The molecule has 8 bridgehead atoms. The molecule has 298 valence electrons. The van der Waals surface area contributed by atoms with E-state index in [0.29, 0.717) is 59.8 Å². The smallest absolute Gasteiger partial charge is 0.414 e. The number of H-pyrrole nitrogens is 1. The number of hydrogen-bond donors (Lipinski definition) is 3. The van der Waals surface area contributed by atoms with Gasteiger partial charge in [0.2, 0.25) is 17.6 Å². The molecule has 2 aromatic carbocycles. The van der Waals surface area contributed by atoms with Crippen LogP contribution in [0.25, 0.3) is 11.0 Å². The van der Waals surface area contributed by atoms with Gasteiger partial charge in [0.15, 0.2) is 5.82 Å². The molecular weight excluding hydrogens is 750 g/mol. The number of carbonyl (C=O) groups excluding carboxylic acids is 1. The molecule has 0 saturated carbocycles. The van der Waals surface area contributed by atoms with E-state index >= 15 is 0 Å². The number of aromatic nitrogens is 4. The first-order valence-electron chi connectivity index (χ1n) is 17.7. The number of nitrogens with one attached hydrogen (secondary N) is 1. The van der Waals surface area contributed by atoms with Gasteiger partial charge in [-0.1, -0.05) is 24.3 Å². The number of hydrogen-bond acceptors (Lipinski definition) is 13. The van der Waals surface area contributed by atoms with Crippen molar-refractivity contribution in [2.45, 2.75) is 32.9 Å². The minimum Gasteiger partial charge on any atom is -0.489 e. The van der Waals surface area contributed by atoms with Crippen LogP contribution >= 0.6 is 0 Å². The maximum Gasteiger partial charge on any atom is 0.414 e. The number of nitrogens with zero attached hydrogens (tertiary/aromatic N) is 5. The topological polar surface area (TPSA) is 225 Å². The summed E-state index contributed by atoms with van der Waals surface area (Å²) in [4.78, 5) is 47.8. The fourth-order valence-corrected chi connectivity index (χ4v) is 5.90. The van der Waals surface area contributed by atoms with Gasteiger partial charge in [0, 0.05) is 24.3 Å². The van der Waals surface area contributed by atoms with E-state index in [0.717, 1.165) is 4.90 Å². The first kappa shape index (κ1) is 39.5. The highest BCUT2D eigenvalue weighted by Crippen LogP contribution is 2.37. The maximum absolute atomic E-state index is 14.2. The van der Waals surface area contributed by atoms with Crippen LogP contribution in [0.2, 0.25) is 0 Å². The van der Waals surface area contributed by atoms with Crippen molar-refractivity contribution in [2.75, 3.05) is 49.4 Å². The molecule has 7 rings (SSSR count). The summed E-state index contributed by atoms with van der Waals surface area (Å²) in [5.74, 6) is -0.258. The predicted octanol–water partition coefficient (Wildman–Crippen LogP) is 5.80. The first-order chi connectivity index (χ1) is 27.5. The number of fused-ring (bicyclic) bond motifs is 7. The van der Waals surface area contributed by atoms with E-state index < -0.39 is 34.2 Å². The van der Waals surface area contributed by atoms with E-state index in [1.54, 1.807) is 31.2 Å². The van der Waals surface area contributed by atoms with E-state index in [1.165, 1.54) is 41.0 Å². The van der Waals surface area contributed by atoms with Gasteiger partial charge < -0.3 is 40.1 Å². The van der Waals surface area contributed by atoms with E-state index in [-0.39, 0.29) is 61.7 Å². The van der Waals surface area contributed by atoms with Crippen LogP contribution < -0.4 is 41.0 Å². The summed E-state index contributed by atoms with van der Waals surface area (Å²) in [6.07, 6.45) is 7.58. The molecule has 3 aromatic heterocycles. The Bertz CT molecular complexity index is 2400. The number of benzene rings is 2. The van der Waals surface area contributed by atoms with E-state index in [9.17, 15) is 28.5 Å². The van der Waals surface area contributed by atoms with Crippen molar-refractivity contribution in [2.24, 2.45) is 0 Å². The van der Waals surface area contributed by atoms with Crippen LogP contribution in [0.4, 0.5) is 36.6 Å². The second-order valence-corrected chi connectivity index (χ2v) is 12.4. The summed E-state index contributed by atoms with van der Waals surface area (Å²) < 4.78 is 56.9. The molecule has 2 aliphatic heterocycles. The van der Waals surface area contributed by atoms with Crippen molar-refractivity contribution in [3.63, 3.8) is 0 Å². The van der Waals surface area contributed by atoms with E-state index in [4.69, 9.17) is 35.2 Å². The second-order valence-electron chi connectivity index (χ2n) is 12.4. The Balaban J connectivity index is 0.000000195. The standard InChI is InChI=1S/C20H21FN4O6.C18H17FN4O3/c1-2-29-20(26)24-12-13-8-14(21)10-15(9-13)30-6-4-3-5-7-31-17-11-16(24)18(25(27)28)19(22)23-17;19-12-6-11-7-13(8-12)25-4-2-1-3-5-26-15-9-14-16(17(20)21-15)22-18(24)23(14)10-11/h3-4,8-11H,2,5-7,12H2,1H3,(H2,22,23);1-2,6-9H,3-5,10H2,(H2,20,21)(H,22,24)/b4-3+;2-1+. The highest BCUT2D eigenvalue weighted by molar-refractivity contribution is 5.93. The maximum atomic E-state index is 14.2. The van der Waals surface area contributed by atoms with Gasteiger partial charge in [-0.05, 0) is 55.2 Å².